The second kappa shape index (κ2) is 3.29. The molecular formula is C5H13N4-. The zero-order chi connectivity index (χ0) is 7.44. The topological polar surface area (TPSA) is 44.2 Å². The summed E-state index contributed by atoms with van der Waals surface area (Å²) in [4.78, 5) is 0. The molecule has 0 aliphatic carbocycles. The first-order valence-corrected chi connectivity index (χ1v) is 2.72. The molecule has 54 valence electrons. The highest BCUT2D eigenvalue weighted by Gasteiger charge is 1.75. The second-order valence-corrected chi connectivity index (χ2v) is 2.05. The van der Waals surface area contributed by atoms with Crippen LogP contribution in [0.3, 0.4) is 0 Å². The number of rotatable bonds is 2. The van der Waals surface area contributed by atoms with Crippen molar-refractivity contribution in [2.24, 2.45) is 0 Å². The van der Waals surface area contributed by atoms with E-state index in [4.69, 9.17) is 5.73 Å². The molecule has 0 fully saturated rings. The van der Waals surface area contributed by atoms with Crippen molar-refractivity contribution in [2.45, 2.75) is 6.92 Å². The van der Waals surface area contributed by atoms with Crippen LogP contribution in [0.4, 0.5) is 0 Å². The number of amidine groups is 1. The maximum Gasteiger partial charge on any atom is 0.0795 e. The maximum absolute atomic E-state index is 7.10. The smallest absolute Gasteiger partial charge is 0.0795 e. The van der Waals surface area contributed by atoms with Crippen LogP contribution < -0.4 is 0 Å². The van der Waals surface area contributed by atoms with Crippen LogP contribution in [-0.4, -0.2) is 36.7 Å². The predicted molar refractivity (Wildman–Crippen MR) is 38.2 cm³/mol. The van der Waals surface area contributed by atoms with E-state index in [0.29, 0.717) is 5.84 Å². The van der Waals surface area contributed by atoms with Crippen LogP contribution in [0.15, 0.2) is 0 Å². The fraction of sp³-hybridized carbons (Fsp3) is 0.800. The molecule has 4 nitrogen and oxygen atoms in total. The molecule has 0 aromatic heterocycles. The molecule has 0 unspecified atom stereocenters. The quantitative estimate of drug-likeness (QED) is 0.236. The van der Waals surface area contributed by atoms with Gasteiger partial charge in [-0.2, -0.15) is 0 Å². The summed E-state index contributed by atoms with van der Waals surface area (Å²) in [6.45, 7) is 1.69. The Bertz CT molecular complexity index is 112. The van der Waals surface area contributed by atoms with Crippen molar-refractivity contribution in [3.8, 4) is 0 Å². The fourth-order valence-electron chi connectivity index (χ4n) is 0.335. The van der Waals surface area contributed by atoms with Crippen molar-refractivity contribution in [1.29, 1.82) is 0 Å². The van der Waals surface area contributed by atoms with Gasteiger partial charge in [0, 0.05) is 0 Å². The lowest BCUT2D eigenvalue weighted by Crippen LogP contribution is -2.16. The van der Waals surface area contributed by atoms with Crippen LogP contribution >= 0.6 is 0 Å². The number of nitrogens with one attached hydrogen (secondary N) is 1. The van der Waals surface area contributed by atoms with Gasteiger partial charge in [-0.05, 0) is 28.1 Å². The van der Waals surface area contributed by atoms with Crippen LogP contribution in [0.1, 0.15) is 6.92 Å². The second-order valence-electron chi connectivity index (χ2n) is 2.05. The summed E-state index contributed by atoms with van der Waals surface area (Å²) in [6, 6.07) is 0. The van der Waals surface area contributed by atoms with Crippen molar-refractivity contribution >= 4 is 5.84 Å². The van der Waals surface area contributed by atoms with Gasteiger partial charge in [-0.1, -0.05) is 0 Å². The molecule has 1 N–H and O–H groups in total. The Kier molecular flexibility index (Phi) is 3.01. The molecule has 0 saturated heterocycles. The van der Waals surface area contributed by atoms with Crippen molar-refractivity contribution in [3.63, 3.8) is 0 Å². The molecule has 0 aromatic rings. The Morgan fingerprint density at radius 1 is 1.56 bits per heavy atom. The largest absolute Gasteiger partial charge is 0.557 e. The summed E-state index contributed by atoms with van der Waals surface area (Å²) >= 11 is 0. The Balaban J connectivity index is 3.77. The lowest BCUT2D eigenvalue weighted by molar-refractivity contribution is -0.463. The third-order valence-corrected chi connectivity index (χ3v) is 0.798. The summed E-state index contributed by atoms with van der Waals surface area (Å²) < 4.78 is 1.50. The van der Waals surface area contributed by atoms with Crippen molar-refractivity contribution in [3.05, 3.63) is 11.3 Å². The first-order chi connectivity index (χ1) is 4.04. The van der Waals surface area contributed by atoms with Gasteiger partial charge in [-0.25, -0.2) is 0 Å². The zero-order valence-corrected chi connectivity index (χ0v) is 6.34. The van der Waals surface area contributed by atoms with E-state index >= 15 is 0 Å². The van der Waals surface area contributed by atoms with Crippen molar-refractivity contribution in [2.75, 3.05) is 21.1 Å². The summed E-state index contributed by atoms with van der Waals surface area (Å²) in [7, 11) is 5.38. The number of hydrogen-bond acceptors (Lipinski definition) is 1. The number of nitrogens with zero attached hydrogens (tertiary/aromatic N) is 3. The molecule has 0 aliphatic rings. The van der Waals surface area contributed by atoms with E-state index in [-0.39, 0.29) is 0 Å². The van der Waals surface area contributed by atoms with E-state index < -0.39 is 0 Å². The van der Waals surface area contributed by atoms with E-state index in [0.717, 1.165) is 0 Å². The van der Waals surface area contributed by atoms with Gasteiger partial charge in [0.1, 0.15) is 0 Å². The van der Waals surface area contributed by atoms with Gasteiger partial charge < -0.3 is 15.2 Å². The molecular weight excluding hydrogens is 116 g/mol. The average molecular weight is 129 g/mol. The molecule has 0 heterocycles. The zero-order valence-electron chi connectivity index (χ0n) is 6.34. The molecule has 0 rings (SSSR count). The van der Waals surface area contributed by atoms with E-state index in [1.807, 2.05) is 14.1 Å². The molecule has 0 saturated carbocycles. The first kappa shape index (κ1) is 8.23. The Hall–Kier alpha value is -0.770. The van der Waals surface area contributed by atoms with Gasteiger partial charge in [0.25, 0.3) is 0 Å². The molecule has 0 atom stereocenters. The van der Waals surface area contributed by atoms with Gasteiger partial charge in [-0.3, -0.25) is 5.73 Å². The third-order valence-electron chi connectivity index (χ3n) is 0.798. The van der Waals surface area contributed by atoms with Crippen LogP contribution in [-0.2, 0) is 0 Å². The molecule has 9 heavy (non-hydrogen) atoms. The molecule has 0 amide bonds. The Labute approximate surface area is 55.9 Å². The molecule has 0 bridgehead atoms. The normalized spacial score (nSPS) is 13.4. The summed E-state index contributed by atoms with van der Waals surface area (Å²) in [5, 5.41) is 1.65. The summed E-state index contributed by atoms with van der Waals surface area (Å²) in [5.41, 5.74) is 11.0. The van der Waals surface area contributed by atoms with Gasteiger partial charge in [-0.15, -0.1) is 0 Å². The highest BCUT2D eigenvalue weighted by atomic mass is 15.7. The minimum absolute atomic E-state index is 0.434. The molecule has 0 aromatic carbocycles. The van der Waals surface area contributed by atoms with Gasteiger partial charge in [0.15, 0.2) is 0 Å². The average Bonchev–Trinajstić information content (AvgIpc) is 1.63. The molecule has 0 radical (unpaired) electrons. The minimum atomic E-state index is 0.434. The Morgan fingerprint density at radius 2 is 2.00 bits per heavy atom. The minimum Gasteiger partial charge on any atom is -0.557 e. The highest BCUT2D eigenvalue weighted by molar-refractivity contribution is 5.82. The van der Waals surface area contributed by atoms with Crippen LogP contribution in [0.5, 0.6) is 0 Å². The summed E-state index contributed by atoms with van der Waals surface area (Å²) in [5.74, 6) is 0.434. The summed E-state index contributed by atoms with van der Waals surface area (Å²) in [6.07, 6.45) is 0. The highest BCUT2D eigenvalue weighted by Crippen LogP contribution is 1.90. The van der Waals surface area contributed by atoms with E-state index in [1.165, 1.54) is 4.68 Å². The van der Waals surface area contributed by atoms with Crippen LogP contribution in [0.2, 0.25) is 0 Å². The lowest BCUT2D eigenvalue weighted by atomic mass is 10.7. The molecule has 0 aliphatic heterocycles. The van der Waals surface area contributed by atoms with Crippen molar-refractivity contribution in [1.82, 2.24) is 5.01 Å². The third kappa shape index (κ3) is 3.78. The van der Waals surface area contributed by atoms with Gasteiger partial charge in [0.2, 0.25) is 0 Å². The van der Waals surface area contributed by atoms with Crippen molar-refractivity contribution < 1.29 is 4.68 Å². The van der Waals surface area contributed by atoms with E-state index in [2.05, 4.69) is 5.53 Å². The standard InChI is InChI=1S/C5H13N4/c1-5(6)9(4)7-8(2)3/h6H,1-4H3/q-1. The van der Waals surface area contributed by atoms with Gasteiger partial charge in [0.05, 0.1) is 5.84 Å². The Morgan fingerprint density at radius 3 is 2.11 bits per heavy atom. The lowest BCUT2D eigenvalue weighted by Gasteiger charge is -2.34. The van der Waals surface area contributed by atoms with Crippen LogP contribution in [0, 0.1) is 0 Å². The number of hydrogen-bond donors (Lipinski definition) is 0. The predicted octanol–water partition coefficient (Wildman–Crippen LogP) is 0.865. The van der Waals surface area contributed by atoms with Crippen LogP contribution in [0.25, 0.3) is 11.3 Å². The fourth-order valence-corrected chi connectivity index (χ4v) is 0.335. The van der Waals surface area contributed by atoms with Gasteiger partial charge >= 0.3 is 0 Å². The monoisotopic (exact) mass is 129 g/mol. The molecule has 0 spiro atoms. The van der Waals surface area contributed by atoms with E-state index in [1.54, 1.807) is 19.0 Å². The first-order valence-electron chi connectivity index (χ1n) is 2.72. The maximum atomic E-state index is 7.10. The van der Waals surface area contributed by atoms with E-state index in [9.17, 15) is 0 Å². The SMILES string of the molecule is CC([NH-])=[N+](C)[N-]N(C)C. The molecule has 4 heteroatoms.